The average molecular weight is 362 g/mol. The van der Waals surface area contributed by atoms with Crippen molar-refractivity contribution < 1.29 is 39.3 Å². The van der Waals surface area contributed by atoms with Crippen LogP contribution in [0.3, 0.4) is 0 Å². The zero-order valence-electron chi connectivity index (χ0n) is 11.8. The topological polar surface area (TPSA) is 52.6 Å². The van der Waals surface area contributed by atoms with E-state index in [-0.39, 0.29) is 11.6 Å². The van der Waals surface area contributed by atoms with Crippen LogP contribution in [0.15, 0.2) is 48.5 Å². The zero-order chi connectivity index (χ0) is 15.2. The van der Waals surface area contributed by atoms with Gasteiger partial charge in [-0.25, -0.2) is 0 Å². The van der Waals surface area contributed by atoms with Gasteiger partial charge in [-0.05, 0) is 0 Å². The fraction of sp³-hybridized carbons (Fsp3) is 0.125. The third kappa shape index (κ3) is 4.64. The molecule has 0 spiro atoms. The first-order chi connectivity index (χ1) is 10.1. The maximum atomic E-state index is 11.2. The maximum absolute atomic E-state index is 11.2. The van der Waals surface area contributed by atoms with Gasteiger partial charge in [0.05, 0.1) is 0 Å². The van der Waals surface area contributed by atoms with Gasteiger partial charge in [-0.2, -0.15) is 0 Å². The molecule has 0 heterocycles. The summed E-state index contributed by atoms with van der Waals surface area (Å²) < 4.78 is 11.2. The van der Waals surface area contributed by atoms with E-state index in [0.29, 0.717) is 22.6 Å². The van der Waals surface area contributed by atoms with E-state index < -0.39 is 24.1 Å². The molecule has 0 amide bonds. The second-order valence-electron chi connectivity index (χ2n) is 4.45. The molecule has 0 atom stereocenters. The Bertz CT molecular complexity index is 575. The number of rotatable bonds is 6. The van der Waals surface area contributed by atoms with E-state index in [0.717, 1.165) is 0 Å². The van der Waals surface area contributed by atoms with Crippen molar-refractivity contribution in [2.75, 3.05) is 0 Å². The minimum atomic E-state index is -1.50. The summed E-state index contributed by atoms with van der Waals surface area (Å²) in [6.07, 6.45) is 0. The monoisotopic (exact) mass is 360 g/mol. The number of benzene rings is 2. The van der Waals surface area contributed by atoms with Crippen LogP contribution < -0.4 is 5.63 Å². The average Bonchev–Trinajstić information content (AvgIpc) is 2.48. The molecule has 0 radical (unpaired) electrons. The van der Waals surface area contributed by atoms with E-state index in [9.17, 15) is 9.59 Å². The summed E-state index contributed by atoms with van der Waals surface area (Å²) in [4.78, 5) is 22.3. The number of ketones is 2. The third-order valence-electron chi connectivity index (χ3n) is 2.84. The van der Waals surface area contributed by atoms with E-state index in [1.54, 1.807) is 48.5 Å². The summed E-state index contributed by atoms with van der Waals surface area (Å²) in [5.74, 6) is 1.46. The van der Waals surface area contributed by atoms with Crippen molar-refractivity contribution in [2.45, 2.75) is 13.8 Å². The first-order valence-corrected chi connectivity index (χ1v) is 8.37. The van der Waals surface area contributed by atoms with Crippen molar-refractivity contribution in [1.29, 1.82) is 0 Å². The number of carbonyl (C=O) groups is 2. The van der Waals surface area contributed by atoms with Crippen LogP contribution in [0.4, 0.5) is 0 Å². The molecule has 106 valence electrons. The molecule has 0 aliphatic carbocycles. The van der Waals surface area contributed by atoms with Crippen molar-refractivity contribution >= 4 is 11.6 Å². The Morgan fingerprint density at radius 2 is 1.05 bits per heavy atom. The Morgan fingerprint density at radius 3 is 1.33 bits per heavy atom. The molecule has 0 fully saturated rings. The molecule has 0 aliphatic rings. The first-order valence-electron chi connectivity index (χ1n) is 6.37. The quantitative estimate of drug-likeness (QED) is 0.740. The summed E-state index contributed by atoms with van der Waals surface area (Å²) in [5.41, 5.74) is 1.32. The molecule has 21 heavy (non-hydrogen) atoms. The van der Waals surface area contributed by atoms with Gasteiger partial charge in [-0.3, -0.25) is 0 Å². The first kappa shape index (κ1) is 15.6. The fourth-order valence-electron chi connectivity index (χ4n) is 1.63. The molecule has 0 aliphatic heterocycles. The Morgan fingerprint density at radius 1 is 0.714 bits per heavy atom. The molecule has 2 aromatic carbocycles. The molecule has 0 saturated carbocycles. The molecule has 0 bridgehead atoms. The molecule has 0 N–H and O–H groups in total. The Balaban J connectivity index is 1.86. The van der Waals surface area contributed by atoms with Gasteiger partial charge in [0.25, 0.3) is 0 Å². The molecule has 2 aromatic rings. The molecule has 0 saturated heterocycles. The zero-order valence-corrected chi connectivity index (χ0v) is 14.2. The van der Waals surface area contributed by atoms with Gasteiger partial charge in [-0.15, -0.1) is 0 Å². The van der Waals surface area contributed by atoms with E-state index in [4.69, 9.17) is 5.63 Å². The molecule has 0 aromatic heterocycles. The van der Waals surface area contributed by atoms with Gasteiger partial charge in [0.1, 0.15) is 0 Å². The molecule has 5 heteroatoms. The molecular weight excluding hydrogens is 347 g/mol. The van der Waals surface area contributed by atoms with Crippen molar-refractivity contribution in [1.82, 2.24) is 0 Å². The van der Waals surface area contributed by atoms with Gasteiger partial charge < -0.3 is 0 Å². The van der Waals surface area contributed by atoms with E-state index in [1.165, 1.54) is 13.8 Å². The number of Topliss-reactive ketones (excluding diaryl/α,β-unsaturated/α-hetero) is 2. The van der Waals surface area contributed by atoms with E-state index >= 15 is 0 Å². The number of hydrogen-bond acceptors (Lipinski definition) is 4. The minimum absolute atomic E-state index is 0.0309. The molecule has 2 rings (SSSR count). The van der Waals surface area contributed by atoms with Crippen LogP contribution in [0.2, 0.25) is 0 Å². The van der Waals surface area contributed by atoms with Gasteiger partial charge in [0.2, 0.25) is 0 Å². The fourth-order valence-corrected chi connectivity index (χ4v) is 2.88. The summed E-state index contributed by atoms with van der Waals surface area (Å²) in [6, 6.07) is 14.0. The summed E-state index contributed by atoms with van der Waals surface area (Å²) in [5, 5.41) is 0. The van der Waals surface area contributed by atoms with Crippen molar-refractivity contribution in [2.24, 2.45) is 0 Å². The van der Waals surface area contributed by atoms with E-state index in [2.05, 4.69) is 0 Å². The second kappa shape index (κ2) is 7.32. The second-order valence-corrected chi connectivity index (χ2v) is 5.86. The van der Waals surface area contributed by atoms with Crippen molar-refractivity contribution in [3.05, 3.63) is 59.7 Å². The van der Waals surface area contributed by atoms with Crippen LogP contribution in [0.5, 0.6) is 11.5 Å². The van der Waals surface area contributed by atoms with E-state index in [1.807, 2.05) is 0 Å². The van der Waals surface area contributed by atoms with Gasteiger partial charge in [0, 0.05) is 0 Å². The normalized spacial score (nSPS) is 9.81. The number of hydrogen-bond donors (Lipinski definition) is 0. The van der Waals surface area contributed by atoms with Gasteiger partial charge in [0.15, 0.2) is 0 Å². The van der Waals surface area contributed by atoms with Crippen molar-refractivity contribution in [3.8, 4) is 11.5 Å². The Hall–Kier alpha value is -1.74. The summed E-state index contributed by atoms with van der Waals surface area (Å²) >= 11 is -1.50. The Kier molecular flexibility index (Phi) is 5.46. The van der Waals surface area contributed by atoms with Gasteiger partial charge in [-0.1, -0.05) is 0 Å². The molecule has 0 unspecified atom stereocenters. The summed E-state index contributed by atoms with van der Waals surface area (Å²) in [7, 11) is 0. The molecular formula is C16H14O4Zr. The third-order valence-corrected chi connectivity index (χ3v) is 4.41. The van der Waals surface area contributed by atoms with Crippen molar-refractivity contribution in [3.63, 3.8) is 0 Å². The molecule has 4 nitrogen and oxygen atoms in total. The predicted molar refractivity (Wildman–Crippen MR) is 74.1 cm³/mol. The van der Waals surface area contributed by atoms with Gasteiger partial charge >= 0.3 is 136 Å². The van der Waals surface area contributed by atoms with Crippen LogP contribution in [-0.4, -0.2) is 11.6 Å². The van der Waals surface area contributed by atoms with Crippen LogP contribution in [-0.2, 0) is 24.1 Å². The number of carbonyl (C=O) groups excluding carboxylic acids is 2. The van der Waals surface area contributed by atoms with Crippen LogP contribution in [0, 0.1) is 0 Å². The predicted octanol–water partition coefficient (Wildman–Crippen LogP) is 3.46. The van der Waals surface area contributed by atoms with Crippen LogP contribution in [0.25, 0.3) is 0 Å². The SMILES string of the molecule is CC(=O)c1ccc([O][Zr][O]c2ccc(C(C)=O)cc2)cc1. The summed E-state index contributed by atoms with van der Waals surface area (Å²) in [6.45, 7) is 3.06. The van der Waals surface area contributed by atoms with Crippen LogP contribution in [0.1, 0.15) is 34.6 Å². The standard InChI is InChI=1S/2C8H8O2.Zr/c2*1-6(9)7-2-4-8(10)5-3-7;/h2*2-5,10H,1H3;/q;;+2/p-2. The van der Waals surface area contributed by atoms with Crippen LogP contribution >= 0.6 is 0 Å². The Labute approximate surface area is 135 Å².